The number of carbonyl (C=O) groups is 1. The van der Waals surface area contributed by atoms with Crippen LogP contribution in [0.3, 0.4) is 0 Å². The molecule has 2 N–H and O–H groups in total. The van der Waals surface area contributed by atoms with Crippen molar-refractivity contribution in [2.75, 3.05) is 7.11 Å². The fraction of sp³-hybridized carbons (Fsp3) is 0.600. The summed E-state index contributed by atoms with van der Waals surface area (Å²) in [7, 11) is 1.30. The Morgan fingerprint density at radius 3 is 2.33 bits per heavy atom. The van der Waals surface area contributed by atoms with Gasteiger partial charge in [-0.25, -0.2) is 0 Å². The Morgan fingerprint density at radius 2 is 2.22 bits per heavy atom. The molecule has 0 bridgehead atoms. The Morgan fingerprint density at radius 1 is 1.78 bits per heavy atom. The zero-order valence-electron chi connectivity index (χ0n) is 5.38. The highest BCUT2D eigenvalue weighted by atomic mass is 32.1. The van der Waals surface area contributed by atoms with E-state index in [1.54, 1.807) is 6.92 Å². The van der Waals surface area contributed by atoms with Crippen LogP contribution in [0.25, 0.3) is 0 Å². The summed E-state index contributed by atoms with van der Waals surface area (Å²) in [4.78, 5) is 10.7. The van der Waals surface area contributed by atoms with Gasteiger partial charge in [0, 0.05) is 0 Å². The molecule has 0 spiro atoms. The van der Waals surface area contributed by atoms with E-state index < -0.39 is 5.92 Å². The average molecular weight is 147 g/mol. The van der Waals surface area contributed by atoms with Crippen molar-refractivity contribution in [3.05, 3.63) is 0 Å². The lowest BCUT2D eigenvalue weighted by Gasteiger charge is -2.04. The molecule has 9 heavy (non-hydrogen) atoms. The zero-order valence-corrected chi connectivity index (χ0v) is 6.20. The second-order valence-electron chi connectivity index (χ2n) is 1.65. The minimum absolute atomic E-state index is 0.168. The number of ether oxygens (including phenoxy) is 1. The lowest BCUT2D eigenvalue weighted by Crippen LogP contribution is -2.26. The molecule has 0 aromatic heterocycles. The van der Waals surface area contributed by atoms with Gasteiger partial charge in [0.2, 0.25) is 0 Å². The molecule has 0 rings (SSSR count). The molecule has 3 nitrogen and oxygen atoms in total. The van der Waals surface area contributed by atoms with Gasteiger partial charge < -0.3 is 10.5 Å². The van der Waals surface area contributed by atoms with Crippen LogP contribution in [0.2, 0.25) is 0 Å². The van der Waals surface area contributed by atoms with E-state index in [0.717, 1.165) is 0 Å². The highest BCUT2D eigenvalue weighted by molar-refractivity contribution is 7.80. The molecular weight excluding hydrogens is 138 g/mol. The number of carbonyl (C=O) groups excluding carboxylic acids is 1. The third-order valence-corrected chi connectivity index (χ3v) is 1.34. The van der Waals surface area contributed by atoms with Crippen molar-refractivity contribution in [3.8, 4) is 0 Å². The zero-order chi connectivity index (χ0) is 7.44. The maximum Gasteiger partial charge on any atom is 0.315 e. The summed E-state index contributed by atoms with van der Waals surface area (Å²) >= 11 is 4.54. The molecule has 0 saturated heterocycles. The second kappa shape index (κ2) is 3.40. The van der Waals surface area contributed by atoms with Gasteiger partial charge in [0.1, 0.15) is 5.92 Å². The second-order valence-corrected chi connectivity index (χ2v) is 2.12. The molecule has 1 unspecified atom stereocenters. The predicted molar refractivity (Wildman–Crippen MR) is 38.0 cm³/mol. The molecule has 0 aliphatic heterocycles. The maximum absolute atomic E-state index is 10.6. The molecule has 0 aliphatic carbocycles. The van der Waals surface area contributed by atoms with Crippen LogP contribution >= 0.6 is 12.2 Å². The van der Waals surface area contributed by atoms with E-state index in [0.29, 0.717) is 0 Å². The van der Waals surface area contributed by atoms with E-state index in [4.69, 9.17) is 5.73 Å². The number of rotatable bonds is 2. The number of thiocarbonyl (C=S) groups is 1. The quantitative estimate of drug-likeness (QED) is 0.444. The number of hydrogen-bond acceptors (Lipinski definition) is 3. The van der Waals surface area contributed by atoms with Gasteiger partial charge in [-0.1, -0.05) is 12.2 Å². The third-order valence-electron chi connectivity index (χ3n) is 0.982. The Balaban J connectivity index is 3.88. The highest BCUT2D eigenvalue weighted by Gasteiger charge is 2.14. The molecular formula is C5H9NO2S. The van der Waals surface area contributed by atoms with E-state index in [2.05, 4.69) is 17.0 Å². The summed E-state index contributed by atoms with van der Waals surface area (Å²) < 4.78 is 4.37. The van der Waals surface area contributed by atoms with E-state index in [1.165, 1.54) is 7.11 Å². The van der Waals surface area contributed by atoms with E-state index in [-0.39, 0.29) is 11.0 Å². The number of hydrogen-bond donors (Lipinski definition) is 1. The van der Waals surface area contributed by atoms with Crippen molar-refractivity contribution in [1.82, 2.24) is 0 Å². The van der Waals surface area contributed by atoms with Crippen molar-refractivity contribution in [2.24, 2.45) is 11.7 Å². The molecule has 0 fully saturated rings. The third kappa shape index (κ3) is 2.41. The summed E-state index contributed by atoms with van der Waals surface area (Å²) in [6.07, 6.45) is 0. The van der Waals surface area contributed by atoms with Crippen LogP contribution in [0.5, 0.6) is 0 Å². The Kier molecular flexibility index (Phi) is 3.16. The standard InChI is InChI=1S/C5H9NO2S/c1-3(4(6)9)5(7)8-2/h3H,1-2H3,(H2,6,9). The number of methoxy groups -OCH3 is 1. The van der Waals surface area contributed by atoms with Gasteiger partial charge in [-0.2, -0.15) is 0 Å². The van der Waals surface area contributed by atoms with Gasteiger partial charge in [-0.05, 0) is 6.92 Å². The molecule has 0 amide bonds. The fourth-order valence-corrected chi connectivity index (χ4v) is 0.389. The minimum Gasteiger partial charge on any atom is -0.468 e. The lowest BCUT2D eigenvalue weighted by atomic mass is 10.2. The first kappa shape index (κ1) is 8.36. The Labute approximate surface area is 59.2 Å². The maximum atomic E-state index is 10.6. The Hall–Kier alpha value is -0.640. The van der Waals surface area contributed by atoms with Gasteiger partial charge in [-0.3, -0.25) is 4.79 Å². The topological polar surface area (TPSA) is 52.3 Å². The SMILES string of the molecule is COC(=O)C(C)C(N)=S. The molecule has 0 aromatic rings. The summed E-state index contributed by atoms with van der Waals surface area (Å²) in [6, 6.07) is 0. The van der Waals surface area contributed by atoms with Crippen LogP contribution in [0, 0.1) is 5.92 Å². The van der Waals surface area contributed by atoms with Crippen molar-refractivity contribution in [3.63, 3.8) is 0 Å². The average Bonchev–Trinajstić information content (AvgIpc) is 1.84. The van der Waals surface area contributed by atoms with Gasteiger partial charge in [0.05, 0.1) is 12.1 Å². The first-order valence-corrected chi connectivity index (χ1v) is 2.87. The number of nitrogens with two attached hydrogens (primary N) is 1. The van der Waals surface area contributed by atoms with Crippen LogP contribution in [-0.2, 0) is 9.53 Å². The molecule has 0 aromatic carbocycles. The van der Waals surface area contributed by atoms with Gasteiger partial charge in [-0.15, -0.1) is 0 Å². The van der Waals surface area contributed by atoms with Crippen LogP contribution in [-0.4, -0.2) is 18.1 Å². The monoisotopic (exact) mass is 147 g/mol. The first-order valence-electron chi connectivity index (χ1n) is 2.46. The van der Waals surface area contributed by atoms with E-state index >= 15 is 0 Å². The summed E-state index contributed by atoms with van der Waals surface area (Å²) in [5.74, 6) is -0.854. The molecule has 0 radical (unpaired) electrons. The van der Waals surface area contributed by atoms with E-state index in [9.17, 15) is 4.79 Å². The van der Waals surface area contributed by atoms with Crippen molar-refractivity contribution >= 4 is 23.2 Å². The fourth-order valence-electron chi connectivity index (χ4n) is 0.293. The normalized spacial score (nSPS) is 12.2. The van der Waals surface area contributed by atoms with Crippen molar-refractivity contribution in [1.29, 1.82) is 0 Å². The summed E-state index contributed by atoms with van der Waals surface area (Å²) in [6.45, 7) is 1.61. The van der Waals surface area contributed by atoms with Crippen LogP contribution in [0.15, 0.2) is 0 Å². The predicted octanol–water partition coefficient (Wildman–Crippen LogP) is 0.0816. The molecule has 0 heterocycles. The van der Waals surface area contributed by atoms with Gasteiger partial charge >= 0.3 is 5.97 Å². The van der Waals surface area contributed by atoms with Crippen molar-refractivity contribution < 1.29 is 9.53 Å². The van der Waals surface area contributed by atoms with Crippen molar-refractivity contribution in [2.45, 2.75) is 6.92 Å². The van der Waals surface area contributed by atoms with Gasteiger partial charge in [0.15, 0.2) is 0 Å². The van der Waals surface area contributed by atoms with Crippen LogP contribution in [0.4, 0.5) is 0 Å². The van der Waals surface area contributed by atoms with Crippen LogP contribution < -0.4 is 5.73 Å². The van der Waals surface area contributed by atoms with Gasteiger partial charge in [0.25, 0.3) is 0 Å². The molecule has 52 valence electrons. The molecule has 4 heteroatoms. The number of esters is 1. The highest BCUT2D eigenvalue weighted by Crippen LogP contribution is 1.96. The first-order chi connectivity index (χ1) is 4.09. The molecule has 0 saturated carbocycles. The molecule has 0 aliphatic rings. The molecule has 1 atom stereocenters. The lowest BCUT2D eigenvalue weighted by molar-refractivity contribution is -0.142. The minimum atomic E-state index is -0.468. The largest absolute Gasteiger partial charge is 0.468 e. The van der Waals surface area contributed by atoms with Crippen LogP contribution in [0.1, 0.15) is 6.92 Å². The smallest absolute Gasteiger partial charge is 0.315 e. The summed E-state index contributed by atoms with van der Waals surface area (Å²) in [5.41, 5.74) is 5.14. The Bertz CT molecular complexity index is 135. The van der Waals surface area contributed by atoms with E-state index in [1.807, 2.05) is 0 Å². The summed E-state index contributed by atoms with van der Waals surface area (Å²) in [5, 5.41) is 0.